The van der Waals surface area contributed by atoms with E-state index in [1.807, 2.05) is 30.3 Å². The first-order valence-corrected chi connectivity index (χ1v) is 7.62. The Hall–Kier alpha value is -3.22. The molecule has 4 N–H and O–H groups in total. The fraction of sp³-hybridized carbons (Fsp3) is 0.222. The third-order valence-corrected chi connectivity index (χ3v) is 3.54. The normalized spacial score (nSPS) is 11.4. The van der Waals surface area contributed by atoms with Crippen LogP contribution in [0.5, 0.6) is 5.75 Å². The minimum Gasteiger partial charge on any atom is -0.495 e. The van der Waals surface area contributed by atoms with Crippen molar-refractivity contribution >= 4 is 17.7 Å². The zero-order chi connectivity index (χ0) is 18.2. The van der Waals surface area contributed by atoms with Crippen molar-refractivity contribution in [1.82, 2.24) is 5.32 Å². The number of rotatable bonds is 7. The summed E-state index contributed by atoms with van der Waals surface area (Å²) >= 11 is 0. The maximum absolute atomic E-state index is 11.8. The van der Waals surface area contributed by atoms with Crippen LogP contribution in [0.1, 0.15) is 11.1 Å². The summed E-state index contributed by atoms with van der Waals surface area (Å²) in [6, 6.07) is 13.0. The Kier molecular flexibility index (Phi) is 6.22. The molecule has 2 rings (SSSR count). The van der Waals surface area contributed by atoms with Gasteiger partial charge in [-0.15, -0.1) is 0 Å². The van der Waals surface area contributed by atoms with Crippen molar-refractivity contribution in [2.45, 2.75) is 19.1 Å². The molecule has 1 amide bonds. The molecule has 0 fully saturated rings. The maximum atomic E-state index is 11.8. The lowest BCUT2D eigenvalue weighted by Crippen LogP contribution is -2.42. The SMILES string of the molecule is COc1ccc(C[C@@H](NC(=O)OCc2ccccc2)C(=O)O)cc1N. The van der Waals surface area contributed by atoms with Crippen molar-refractivity contribution in [3.8, 4) is 5.75 Å². The van der Waals surface area contributed by atoms with Gasteiger partial charge in [0.25, 0.3) is 0 Å². The van der Waals surface area contributed by atoms with Crippen LogP contribution in [0.2, 0.25) is 0 Å². The molecule has 0 saturated heterocycles. The van der Waals surface area contributed by atoms with E-state index in [1.54, 1.807) is 18.2 Å². The van der Waals surface area contributed by atoms with E-state index in [-0.39, 0.29) is 13.0 Å². The molecule has 0 aliphatic heterocycles. The monoisotopic (exact) mass is 344 g/mol. The van der Waals surface area contributed by atoms with Gasteiger partial charge in [-0.2, -0.15) is 0 Å². The topological polar surface area (TPSA) is 111 Å². The van der Waals surface area contributed by atoms with Crippen molar-refractivity contribution in [2.75, 3.05) is 12.8 Å². The van der Waals surface area contributed by atoms with E-state index in [0.29, 0.717) is 17.0 Å². The van der Waals surface area contributed by atoms with Crippen LogP contribution in [0.25, 0.3) is 0 Å². The average Bonchev–Trinajstić information content (AvgIpc) is 2.60. The van der Waals surface area contributed by atoms with Gasteiger partial charge in [0.05, 0.1) is 12.8 Å². The quantitative estimate of drug-likeness (QED) is 0.664. The Balaban J connectivity index is 1.95. The van der Waals surface area contributed by atoms with Crippen LogP contribution in [0, 0.1) is 0 Å². The van der Waals surface area contributed by atoms with Crippen molar-refractivity contribution in [2.24, 2.45) is 0 Å². The number of nitrogens with one attached hydrogen (secondary N) is 1. The van der Waals surface area contributed by atoms with E-state index in [9.17, 15) is 14.7 Å². The van der Waals surface area contributed by atoms with Crippen LogP contribution in [0.3, 0.4) is 0 Å². The molecule has 0 radical (unpaired) electrons. The number of nitrogens with two attached hydrogens (primary N) is 1. The lowest BCUT2D eigenvalue weighted by atomic mass is 10.1. The Morgan fingerprint density at radius 3 is 2.48 bits per heavy atom. The van der Waals surface area contributed by atoms with Crippen molar-refractivity contribution < 1.29 is 24.2 Å². The molecule has 0 spiro atoms. The number of aliphatic carboxylic acids is 1. The molecule has 0 aliphatic carbocycles. The van der Waals surface area contributed by atoms with Gasteiger partial charge in [0.2, 0.25) is 0 Å². The van der Waals surface area contributed by atoms with Gasteiger partial charge in [-0.25, -0.2) is 9.59 Å². The molecule has 0 unspecified atom stereocenters. The minimum absolute atomic E-state index is 0.0640. The number of carbonyl (C=O) groups is 2. The highest BCUT2D eigenvalue weighted by atomic mass is 16.5. The summed E-state index contributed by atoms with van der Waals surface area (Å²) in [4.78, 5) is 23.2. The maximum Gasteiger partial charge on any atom is 0.408 e. The second-order valence-electron chi connectivity index (χ2n) is 5.38. The van der Waals surface area contributed by atoms with Gasteiger partial charge < -0.3 is 25.6 Å². The highest BCUT2D eigenvalue weighted by Crippen LogP contribution is 2.22. The average molecular weight is 344 g/mol. The number of amides is 1. The molecule has 0 heterocycles. The predicted octanol–water partition coefficient (Wildman–Crippen LogP) is 2.20. The van der Waals surface area contributed by atoms with Gasteiger partial charge in [0, 0.05) is 6.42 Å². The highest BCUT2D eigenvalue weighted by molar-refractivity contribution is 5.80. The third kappa shape index (κ3) is 5.42. The van der Waals surface area contributed by atoms with E-state index in [4.69, 9.17) is 15.2 Å². The molecule has 7 heteroatoms. The van der Waals surface area contributed by atoms with Gasteiger partial charge in [0.1, 0.15) is 18.4 Å². The van der Waals surface area contributed by atoms with E-state index >= 15 is 0 Å². The van der Waals surface area contributed by atoms with Crippen LogP contribution < -0.4 is 15.8 Å². The second-order valence-corrected chi connectivity index (χ2v) is 5.38. The van der Waals surface area contributed by atoms with Crippen molar-refractivity contribution in [3.63, 3.8) is 0 Å². The van der Waals surface area contributed by atoms with Crippen LogP contribution in [-0.4, -0.2) is 30.3 Å². The predicted molar refractivity (Wildman–Crippen MR) is 92.3 cm³/mol. The number of hydrogen-bond donors (Lipinski definition) is 3. The first-order valence-electron chi connectivity index (χ1n) is 7.62. The van der Waals surface area contributed by atoms with Crippen LogP contribution >= 0.6 is 0 Å². The molecule has 0 saturated carbocycles. The molecule has 2 aromatic rings. The lowest BCUT2D eigenvalue weighted by molar-refractivity contribution is -0.139. The fourth-order valence-corrected chi connectivity index (χ4v) is 2.25. The second kappa shape index (κ2) is 8.58. The molecule has 7 nitrogen and oxygen atoms in total. The molecule has 0 aromatic heterocycles. The Bertz CT molecular complexity index is 734. The minimum atomic E-state index is -1.16. The van der Waals surface area contributed by atoms with E-state index < -0.39 is 18.1 Å². The summed E-state index contributed by atoms with van der Waals surface area (Å²) in [6.07, 6.45) is -0.720. The van der Waals surface area contributed by atoms with Gasteiger partial charge in [-0.05, 0) is 23.3 Å². The standard InChI is InChI=1S/C18H20N2O5/c1-24-16-8-7-13(9-14(16)19)10-15(17(21)22)20-18(23)25-11-12-5-3-2-4-6-12/h2-9,15H,10-11,19H2,1H3,(H,20,23)(H,21,22)/t15-/m1/s1. The number of carbonyl (C=O) groups excluding carboxylic acids is 1. The van der Waals surface area contributed by atoms with Gasteiger partial charge in [-0.1, -0.05) is 36.4 Å². The van der Waals surface area contributed by atoms with Gasteiger partial charge in [-0.3, -0.25) is 0 Å². The van der Waals surface area contributed by atoms with Crippen molar-refractivity contribution in [1.29, 1.82) is 0 Å². The van der Waals surface area contributed by atoms with Crippen LogP contribution in [0.15, 0.2) is 48.5 Å². The Labute approximate surface area is 145 Å². The first-order chi connectivity index (χ1) is 12.0. The zero-order valence-electron chi connectivity index (χ0n) is 13.8. The summed E-state index contributed by atoms with van der Waals surface area (Å²) < 4.78 is 10.1. The number of alkyl carbamates (subject to hydrolysis) is 1. The summed E-state index contributed by atoms with van der Waals surface area (Å²) in [5, 5.41) is 11.7. The molecular formula is C18H20N2O5. The number of methoxy groups -OCH3 is 1. The molecule has 1 atom stereocenters. The Morgan fingerprint density at radius 2 is 1.88 bits per heavy atom. The summed E-state index contributed by atoms with van der Waals surface area (Å²) in [7, 11) is 1.50. The number of carboxylic acids is 1. The van der Waals surface area contributed by atoms with Gasteiger partial charge >= 0.3 is 12.1 Å². The largest absolute Gasteiger partial charge is 0.495 e. The summed E-state index contributed by atoms with van der Waals surface area (Å²) in [5.41, 5.74) is 7.69. The molecule has 0 bridgehead atoms. The summed E-state index contributed by atoms with van der Waals surface area (Å²) in [6.45, 7) is 0.0640. The molecule has 25 heavy (non-hydrogen) atoms. The Morgan fingerprint density at radius 1 is 1.16 bits per heavy atom. The third-order valence-electron chi connectivity index (χ3n) is 3.54. The van der Waals surface area contributed by atoms with Crippen molar-refractivity contribution in [3.05, 3.63) is 59.7 Å². The van der Waals surface area contributed by atoms with Gasteiger partial charge in [0.15, 0.2) is 0 Å². The van der Waals surface area contributed by atoms with E-state index in [1.165, 1.54) is 7.11 Å². The summed E-state index contributed by atoms with van der Waals surface area (Å²) in [5.74, 6) is -0.656. The number of ether oxygens (including phenoxy) is 2. The number of nitrogen functional groups attached to an aromatic ring is 1. The van der Waals surface area contributed by atoms with Crippen LogP contribution in [-0.2, 0) is 22.6 Å². The fourth-order valence-electron chi connectivity index (χ4n) is 2.25. The zero-order valence-corrected chi connectivity index (χ0v) is 13.8. The molecular weight excluding hydrogens is 324 g/mol. The number of hydrogen-bond acceptors (Lipinski definition) is 5. The first kappa shape index (κ1) is 18.1. The highest BCUT2D eigenvalue weighted by Gasteiger charge is 2.21. The van der Waals surface area contributed by atoms with E-state index in [0.717, 1.165) is 5.56 Å². The number of anilines is 1. The molecule has 0 aliphatic rings. The number of benzene rings is 2. The van der Waals surface area contributed by atoms with E-state index in [2.05, 4.69) is 5.32 Å². The smallest absolute Gasteiger partial charge is 0.408 e. The lowest BCUT2D eigenvalue weighted by Gasteiger charge is -2.15. The molecule has 132 valence electrons. The number of carboxylic acid groups (broad SMARTS) is 1. The molecule has 2 aromatic carbocycles. The van der Waals surface area contributed by atoms with Crippen LogP contribution in [0.4, 0.5) is 10.5 Å².